The van der Waals surface area contributed by atoms with Gasteiger partial charge in [-0.15, -0.1) is 23.1 Å². The van der Waals surface area contributed by atoms with Gasteiger partial charge in [-0.05, 0) is 44.1 Å². The number of rotatable bonds is 3. The first kappa shape index (κ1) is 13.5. The first-order valence-corrected chi connectivity index (χ1v) is 9.88. The minimum absolute atomic E-state index is 0.942. The predicted molar refractivity (Wildman–Crippen MR) is 93.4 cm³/mol. The second kappa shape index (κ2) is 5.59. The third-order valence-electron chi connectivity index (χ3n) is 3.66. The van der Waals surface area contributed by atoms with Crippen LogP contribution in [-0.4, -0.2) is 16.2 Å². The highest BCUT2D eigenvalue weighted by Gasteiger charge is 2.16. The summed E-state index contributed by atoms with van der Waals surface area (Å²) in [5.41, 5.74) is 2.39. The molecule has 0 aliphatic heterocycles. The van der Waals surface area contributed by atoms with E-state index in [1.807, 2.05) is 0 Å². The van der Waals surface area contributed by atoms with Gasteiger partial charge in [0.25, 0.3) is 0 Å². The van der Waals surface area contributed by atoms with Gasteiger partial charge in [-0.25, -0.2) is 9.97 Å². The number of hydrogen-bond acceptors (Lipinski definition) is 6. The highest BCUT2D eigenvalue weighted by atomic mass is 32.2. The molecule has 0 atom stereocenters. The molecular weight excluding hydrogens is 318 g/mol. The number of aryl methyl sites for hydroxylation is 2. The first-order valence-electron chi connectivity index (χ1n) is 7.02. The van der Waals surface area contributed by atoms with Crippen LogP contribution in [0, 0.1) is 0 Å². The van der Waals surface area contributed by atoms with Gasteiger partial charge in [0.1, 0.15) is 0 Å². The number of thiazole rings is 2. The fourth-order valence-corrected chi connectivity index (χ4v) is 5.27. The van der Waals surface area contributed by atoms with Gasteiger partial charge in [0.2, 0.25) is 0 Å². The summed E-state index contributed by atoms with van der Waals surface area (Å²) in [6, 6.07) is 6.35. The Labute approximate surface area is 135 Å². The zero-order valence-electron chi connectivity index (χ0n) is 11.7. The summed E-state index contributed by atoms with van der Waals surface area (Å²) < 4.78 is 1.23. The highest BCUT2D eigenvalue weighted by Crippen LogP contribution is 2.36. The minimum Gasteiger partial charge on any atom is -0.307 e. The molecule has 1 aliphatic carbocycles. The molecule has 0 spiro atoms. The summed E-state index contributed by atoms with van der Waals surface area (Å²) >= 11 is 5.23. The number of benzene rings is 1. The van der Waals surface area contributed by atoms with Gasteiger partial charge in [-0.1, -0.05) is 17.4 Å². The molecule has 0 radical (unpaired) electrons. The average molecular weight is 334 g/mol. The van der Waals surface area contributed by atoms with Gasteiger partial charge in [0.05, 0.1) is 15.9 Å². The van der Waals surface area contributed by atoms with Crippen molar-refractivity contribution in [3.63, 3.8) is 0 Å². The number of hydrogen-bond donors (Lipinski definition) is 1. The van der Waals surface area contributed by atoms with Crippen molar-refractivity contribution in [3.05, 3.63) is 28.8 Å². The van der Waals surface area contributed by atoms with Gasteiger partial charge < -0.3 is 5.32 Å². The average Bonchev–Trinajstić information content (AvgIpc) is 3.09. The Hall–Kier alpha value is -1.11. The Morgan fingerprint density at radius 1 is 1.10 bits per heavy atom. The molecule has 0 fully saturated rings. The molecule has 1 aliphatic rings. The van der Waals surface area contributed by atoms with Crippen LogP contribution in [0.3, 0.4) is 0 Å². The van der Waals surface area contributed by atoms with Crippen LogP contribution in [0.4, 0.5) is 10.3 Å². The van der Waals surface area contributed by atoms with Crippen molar-refractivity contribution >= 4 is 54.9 Å². The molecule has 4 rings (SSSR count). The van der Waals surface area contributed by atoms with E-state index in [-0.39, 0.29) is 0 Å². The predicted octanol–water partition coefficient (Wildman–Crippen LogP) is 5.10. The molecule has 0 saturated heterocycles. The molecule has 0 saturated carbocycles. The Balaban J connectivity index is 1.66. The molecule has 3 nitrogen and oxygen atoms in total. The Kier molecular flexibility index (Phi) is 3.61. The van der Waals surface area contributed by atoms with Crippen LogP contribution < -0.4 is 5.32 Å². The van der Waals surface area contributed by atoms with Crippen molar-refractivity contribution in [2.75, 3.05) is 11.6 Å². The highest BCUT2D eigenvalue weighted by molar-refractivity contribution is 7.98. The van der Waals surface area contributed by atoms with Gasteiger partial charge in [-0.2, -0.15) is 0 Å². The number of thioether (sulfide) groups is 1. The molecule has 3 aromatic rings. The van der Waals surface area contributed by atoms with E-state index in [0.29, 0.717) is 0 Å². The standard InChI is InChI=1S/C15H15N3S3/c1-19-11-7-4-8-12-13(11)17-15(21-12)18-14-16-9-5-2-3-6-10(9)20-14/h4,7-8H,2-3,5-6H2,1H3,(H,16,17,18). The molecule has 1 N–H and O–H groups in total. The summed E-state index contributed by atoms with van der Waals surface area (Å²) in [4.78, 5) is 12.2. The number of para-hydroxylation sites is 1. The van der Waals surface area contributed by atoms with Crippen molar-refractivity contribution in [1.29, 1.82) is 0 Å². The largest absolute Gasteiger partial charge is 0.307 e. The molecule has 0 bridgehead atoms. The fraction of sp³-hybridized carbons (Fsp3) is 0.333. The number of nitrogens with one attached hydrogen (secondary N) is 1. The molecule has 0 unspecified atom stereocenters. The van der Waals surface area contributed by atoms with Crippen molar-refractivity contribution in [2.45, 2.75) is 30.6 Å². The topological polar surface area (TPSA) is 37.8 Å². The molecule has 2 heterocycles. The summed E-state index contributed by atoms with van der Waals surface area (Å²) in [6.45, 7) is 0. The number of nitrogens with zero attached hydrogens (tertiary/aromatic N) is 2. The summed E-state index contributed by atoms with van der Waals surface area (Å²) in [5, 5.41) is 5.34. The van der Waals surface area contributed by atoms with Gasteiger partial charge >= 0.3 is 0 Å². The molecular formula is C15H15N3S3. The van der Waals surface area contributed by atoms with Crippen LogP contribution in [0.2, 0.25) is 0 Å². The summed E-state index contributed by atoms with van der Waals surface area (Å²) in [5.74, 6) is 0. The molecule has 0 amide bonds. The van der Waals surface area contributed by atoms with E-state index in [9.17, 15) is 0 Å². The van der Waals surface area contributed by atoms with Gasteiger partial charge in [0, 0.05) is 9.77 Å². The fourth-order valence-electron chi connectivity index (χ4n) is 2.64. The Morgan fingerprint density at radius 3 is 2.81 bits per heavy atom. The van der Waals surface area contributed by atoms with Crippen LogP contribution in [-0.2, 0) is 12.8 Å². The first-order chi connectivity index (χ1) is 10.3. The van der Waals surface area contributed by atoms with E-state index in [4.69, 9.17) is 9.97 Å². The van der Waals surface area contributed by atoms with E-state index in [0.717, 1.165) is 22.2 Å². The number of aromatic nitrogens is 2. The summed E-state index contributed by atoms with van der Waals surface area (Å²) in [7, 11) is 0. The van der Waals surface area contributed by atoms with Gasteiger partial charge in [-0.3, -0.25) is 0 Å². The zero-order chi connectivity index (χ0) is 14.2. The van der Waals surface area contributed by atoms with Crippen molar-refractivity contribution < 1.29 is 0 Å². The molecule has 2 aromatic heterocycles. The molecule has 108 valence electrons. The quantitative estimate of drug-likeness (QED) is 0.677. The number of fused-ring (bicyclic) bond motifs is 2. The lowest BCUT2D eigenvalue weighted by Gasteiger charge is -2.06. The lowest BCUT2D eigenvalue weighted by molar-refractivity contribution is 0.683. The van der Waals surface area contributed by atoms with Crippen LogP contribution in [0.25, 0.3) is 10.2 Å². The normalized spacial score (nSPS) is 14.3. The molecule has 6 heteroatoms. The second-order valence-electron chi connectivity index (χ2n) is 5.05. The maximum atomic E-state index is 4.74. The van der Waals surface area contributed by atoms with E-state index in [1.165, 1.54) is 39.4 Å². The van der Waals surface area contributed by atoms with E-state index < -0.39 is 0 Å². The smallest absolute Gasteiger partial charge is 0.190 e. The van der Waals surface area contributed by atoms with Crippen molar-refractivity contribution in [1.82, 2.24) is 9.97 Å². The Bertz CT molecular complexity index is 767. The van der Waals surface area contributed by atoms with Crippen LogP contribution in [0.1, 0.15) is 23.4 Å². The molecule has 1 aromatic carbocycles. The third kappa shape index (κ3) is 2.56. The number of anilines is 2. The monoisotopic (exact) mass is 333 g/mol. The third-order valence-corrected chi connectivity index (χ3v) is 6.44. The lowest BCUT2D eigenvalue weighted by atomic mass is 10.0. The van der Waals surface area contributed by atoms with Crippen LogP contribution in [0.5, 0.6) is 0 Å². The van der Waals surface area contributed by atoms with E-state index in [2.05, 4.69) is 29.8 Å². The summed E-state index contributed by atoms with van der Waals surface area (Å²) in [6.07, 6.45) is 6.98. The maximum Gasteiger partial charge on any atom is 0.190 e. The van der Waals surface area contributed by atoms with Crippen LogP contribution >= 0.6 is 34.4 Å². The Morgan fingerprint density at radius 2 is 1.95 bits per heavy atom. The van der Waals surface area contributed by atoms with Gasteiger partial charge in [0.15, 0.2) is 10.3 Å². The molecule has 21 heavy (non-hydrogen) atoms. The minimum atomic E-state index is 0.942. The lowest BCUT2D eigenvalue weighted by Crippen LogP contribution is -1.99. The van der Waals surface area contributed by atoms with Crippen molar-refractivity contribution in [3.8, 4) is 0 Å². The zero-order valence-corrected chi connectivity index (χ0v) is 14.1. The van der Waals surface area contributed by atoms with Crippen LogP contribution in [0.15, 0.2) is 23.1 Å². The maximum absolute atomic E-state index is 4.74. The second-order valence-corrected chi connectivity index (χ2v) is 8.01. The van der Waals surface area contributed by atoms with E-state index in [1.54, 1.807) is 34.4 Å². The SMILES string of the molecule is CSc1cccc2sc(Nc3nc4c(s3)CCCC4)nc12. The van der Waals surface area contributed by atoms with Crippen molar-refractivity contribution in [2.24, 2.45) is 0 Å². The van der Waals surface area contributed by atoms with E-state index >= 15 is 0 Å².